The molecule has 11 nitrogen and oxygen atoms in total. The zero-order valence-corrected chi connectivity index (χ0v) is 18.1. The minimum Gasteiger partial charge on any atom is -0.483 e. The number of carbonyl (C=O) groups excluding carboxylic acids is 2. The van der Waals surface area contributed by atoms with Crippen molar-refractivity contribution in [2.75, 3.05) is 32.8 Å². The lowest BCUT2D eigenvalue weighted by atomic mass is 10.1. The molecule has 2 aliphatic rings. The highest BCUT2D eigenvalue weighted by molar-refractivity contribution is 5.94. The first-order valence-electron chi connectivity index (χ1n) is 10.4. The van der Waals surface area contributed by atoms with Gasteiger partial charge < -0.3 is 24.6 Å². The maximum atomic E-state index is 13.1. The van der Waals surface area contributed by atoms with Gasteiger partial charge in [0, 0.05) is 44.0 Å². The maximum Gasteiger partial charge on any atom is 0.290 e. The van der Waals surface area contributed by atoms with Crippen molar-refractivity contribution in [2.24, 2.45) is 5.92 Å². The van der Waals surface area contributed by atoms with Crippen LogP contribution >= 0.6 is 0 Å². The van der Waals surface area contributed by atoms with Gasteiger partial charge in [-0.15, -0.1) is 0 Å². The van der Waals surface area contributed by atoms with Gasteiger partial charge in [-0.3, -0.25) is 23.9 Å². The van der Waals surface area contributed by atoms with Crippen molar-refractivity contribution in [3.8, 4) is 0 Å². The zero-order chi connectivity index (χ0) is 23.3. The Balaban J connectivity index is 0.000000913. The minimum absolute atomic E-state index is 0.0202. The molecular formula is C21H27N5O6. The highest BCUT2D eigenvalue weighted by Crippen LogP contribution is 2.22. The number of aromatic nitrogens is 3. The third kappa shape index (κ3) is 5.05. The highest BCUT2D eigenvalue weighted by atomic mass is 16.5. The molecule has 2 saturated heterocycles. The summed E-state index contributed by atoms with van der Waals surface area (Å²) in [5, 5.41) is 11.2. The Morgan fingerprint density at radius 1 is 1.22 bits per heavy atom. The Morgan fingerprint density at radius 2 is 1.97 bits per heavy atom. The molecule has 2 amide bonds. The van der Waals surface area contributed by atoms with E-state index in [1.54, 1.807) is 45.8 Å². The first kappa shape index (κ1) is 23.2. The summed E-state index contributed by atoms with van der Waals surface area (Å²) in [7, 11) is 0. The van der Waals surface area contributed by atoms with Crippen LogP contribution in [0.2, 0.25) is 0 Å². The third-order valence-electron chi connectivity index (χ3n) is 5.49. The van der Waals surface area contributed by atoms with Crippen LogP contribution in [0.4, 0.5) is 0 Å². The molecule has 2 aliphatic heterocycles. The van der Waals surface area contributed by atoms with Gasteiger partial charge >= 0.3 is 0 Å². The van der Waals surface area contributed by atoms with Crippen molar-refractivity contribution in [2.45, 2.75) is 26.4 Å². The molecule has 2 N–H and O–H groups in total. The van der Waals surface area contributed by atoms with Crippen LogP contribution in [-0.4, -0.2) is 86.8 Å². The summed E-state index contributed by atoms with van der Waals surface area (Å²) < 4.78 is 7.47. The Hall–Kier alpha value is -3.47. The van der Waals surface area contributed by atoms with Crippen molar-refractivity contribution < 1.29 is 24.2 Å². The van der Waals surface area contributed by atoms with E-state index in [1.807, 2.05) is 6.92 Å². The van der Waals surface area contributed by atoms with Gasteiger partial charge in [0.15, 0.2) is 0 Å². The number of aryl methyl sites for hydroxylation is 2. The summed E-state index contributed by atoms with van der Waals surface area (Å²) in [6, 6.07) is 4.72. The fourth-order valence-corrected chi connectivity index (χ4v) is 3.97. The molecule has 0 aliphatic carbocycles. The van der Waals surface area contributed by atoms with E-state index in [9.17, 15) is 14.4 Å². The molecule has 2 bridgehead atoms. The third-order valence-corrected chi connectivity index (χ3v) is 5.49. The molecular weight excluding hydrogens is 418 g/mol. The van der Waals surface area contributed by atoms with E-state index in [1.165, 1.54) is 0 Å². The number of H-pyrrole nitrogens is 1. The topological polar surface area (TPSA) is 138 Å². The lowest BCUT2D eigenvalue weighted by molar-refractivity contribution is -0.122. The number of fused-ring (bicyclic) bond motifs is 3. The summed E-state index contributed by atoms with van der Waals surface area (Å²) in [6.45, 7) is 6.25. The van der Waals surface area contributed by atoms with Crippen LogP contribution in [0.5, 0.6) is 0 Å². The summed E-state index contributed by atoms with van der Waals surface area (Å²) in [6.07, 6.45) is 1.78. The van der Waals surface area contributed by atoms with E-state index in [0.717, 1.165) is 0 Å². The van der Waals surface area contributed by atoms with Gasteiger partial charge in [-0.05, 0) is 32.0 Å². The largest absolute Gasteiger partial charge is 0.483 e. The SMILES string of the molecule is CCn1ccc(C(=O)N2C[C@H]3COC[C@@H]2CN(C(=O)c2ccc(C)[nH]c2=O)C3)n1.O=CO. The van der Waals surface area contributed by atoms with Crippen LogP contribution < -0.4 is 5.56 Å². The molecule has 4 heterocycles. The smallest absolute Gasteiger partial charge is 0.290 e. The number of carbonyl (C=O) groups is 3. The predicted molar refractivity (Wildman–Crippen MR) is 113 cm³/mol. The average molecular weight is 445 g/mol. The van der Waals surface area contributed by atoms with Crippen LogP contribution in [0, 0.1) is 12.8 Å². The number of hydrogen-bond acceptors (Lipinski definition) is 6. The molecule has 0 saturated carbocycles. The fraction of sp³-hybridized carbons (Fsp3) is 0.476. The molecule has 0 aromatic carbocycles. The molecule has 4 rings (SSSR count). The van der Waals surface area contributed by atoms with Gasteiger partial charge in [-0.1, -0.05) is 0 Å². The van der Waals surface area contributed by atoms with Gasteiger partial charge in [0.05, 0.1) is 19.3 Å². The molecule has 0 radical (unpaired) electrons. The van der Waals surface area contributed by atoms with Gasteiger partial charge in [0.25, 0.3) is 23.8 Å². The Labute approximate surface area is 184 Å². The quantitative estimate of drug-likeness (QED) is 0.644. The Bertz CT molecular complexity index is 1030. The zero-order valence-electron chi connectivity index (χ0n) is 18.1. The molecule has 2 aromatic heterocycles. The normalized spacial score (nSPS) is 20.1. The van der Waals surface area contributed by atoms with Gasteiger partial charge in [-0.25, -0.2) is 0 Å². The molecule has 2 atom stereocenters. The van der Waals surface area contributed by atoms with Crippen LogP contribution in [0.3, 0.4) is 0 Å². The standard InChI is InChI=1S/C20H25N5O4.CH2O2/c1-3-24-7-6-17(22-24)20(28)25-9-14-8-23(10-15(25)12-29-11-14)19(27)16-5-4-13(2)21-18(16)26;2-1-3/h4-7,14-15H,3,8-12H2,1-2H3,(H,21,26);1H,(H,2,3)/t14-,15-;/m0./s1. The molecule has 11 heteroatoms. The maximum absolute atomic E-state index is 13.1. The first-order valence-corrected chi connectivity index (χ1v) is 10.4. The van der Waals surface area contributed by atoms with E-state index in [-0.39, 0.29) is 35.8 Å². The second-order valence-corrected chi connectivity index (χ2v) is 7.77. The number of carboxylic acid groups (broad SMARTS) is 1. The number of pyridine rings is 1. The molecule has 0 spiro atoms. The van der Waals surface area contributed by atoms with Crippen LogP contribution in [0.1, 0.15) is 33.5 Å². The Kier molecular flexibility index (Phi) is 7.41. The van der Waals surface area contributed by atoms with E-state index in [2.05, 4.69) is 10.1 Å². The number of nitrogens with one attached hydrogen (secondary N) is 1. The van der Waals surface area contributed by atoms with Crippen molar-refractivity contribution in [3.05, 3.63) is 51.7 Å². The van der Waals surface area contributed by atoms with E-state index in [0.29, 0.717) is 50.8 Å². The minimum atomic E-state index is -0.390. The summed E-state index contributed by atoms with van der Waals surface area (Å²) >= 11 is 0. The molecule has 2 fully saturated rings. The van der Waals surface area contributed by atoms with Crippen molar-refractivity contribution in [1.29, 1.82) is 0 Å². The summed E-state index contributed by atoms with van der Waals surface area (Å²) in [4.78, 5) is 52.9. The Morgan fingerprint density at radius 3 is 2.62 bits per heavy atom. The number of amides is 2. The van der Waals surface area contributed by atoms with E-state index in [4.69, 9.17) is 14.6 Å². The average Bonchev–Trinajstić information content (AvgIpc) is 3.04. The molecule has 172 valence electrons. The van der Waals surface area contributed by atoms with Crippen molar-refractivity contribution in [3.63, 3.8) is 0 Å². The van der Waals surface area contributed by atoms with Crippen molar-refractivity contribution in [1.82, 2.24) is 24.6 Å². The van der Waals surface area contributed by atoms with Crippen molar-refractivity contribution >= 4 is 18.3 Å². The van der Waals surface area contributed by atoms with Gasteiger partial charge in [0.2, 0.25) is 0 Å². The summed E-state index contributed by atoms with van der Waals surface area (Å²) in [5.74, 6) is -0.485. The number of hydrogen-bond donors (Lipinski definition) is 2. The van der Waals surface area contributed by atoms with E-state index < -0.39 is 5.56 Å². The van der Waals surface area contributed by atoms with Crippen LogP contribution in [-0.2, 0) is 16.1 Å². The first-order chi connectivity index (χ1) is 15.4. The lowest BCUT2D eigenvalue weighted by Gasteiger charge is -2.30. The number of aromatic amines is 1. The number of ether oxygens (including phenoxy) is 1. The molecule has 0 unspecified atom stereocenters. The fourth-order valence-electron chi connectivity index (χ4n) is 3.97. The number of nitrogens with zero attached hydrogens (tertiary/aromatic N) is 4. The summed E-state index contributed by atoms with van der Waals surface area (Å²) in [5.41, 5.74) is 0.831. The van der Waals surface area contributed by atoms with Crippen LogP contribution in [0.25, 0.3) is 0 Å². The second-order valence-electron chi connectivity index (χ2n) is 7.77. The monoisotopic (exact) mass is 445 g/mol. The van der Waals surface area contributed by atoms with E-state index >= 15 is 0 Å². The molecule has 32 heavy (non-hydrogen) atoms. The predicted octanol–water partition coefficient (Wildman–Crippen LogP) is 0.214. The number of rotatable bonds is 3. The van der Waals surface area contributed by atoms with Gasteiger partial charge in [0.1, 0.15) is 11.3 Å². The van der Waals surface area contributed by atoms with Gasteiger partial charge in [-0.2, -0.15) is 5.10 Å². The highest BCUT2D eigenvalue weighted by Gasteiger charge is 2.38. The second kappa shape index (κ2) is 10.2. The van der Waals surface area contributed by atoms with Crippen LogP contribution in [0.15, 0.2) is 29.2 Å². The molecule has 2 aromatic rings. The lowest BCUT2D eigenvalue weighted by Crippen LogP contribution is -2.48.